The lowest BCUT2D eigenvalue weighted by Crippen LogP contribution is -2.05. The van der Waals surface area contributed by atoms with E-state index in [9.17, 15) is 5.11 Å². The zero-order valence-electron chi connectivity index (χ0n) is 9.18. The molecule has 6 heteroatoms. The third kappa shape index (κ3) is 3.04. The molecule has 17 heavy (non-hydrogen) atoms. The van der Waals surface area contributed by atoms with Gasteiger partial charge in [0, 0.05) is 6.54 Å². The predicted molar refractivity (Wildman–Crippen MR) is 65.0 cm³/mol. The maximum atomic E-state index is 9.30. The highest BCUT2D eigenvalue weighted by molar-refractivity contribution is 6.29. The minimum Gasteiger partial charge on any atom is -0.508 e. The van der Waals surface area contributed by atoms with Crippen LogP contribution in [-0.4, -0.2) is 20.3 Å². The highest BCUT2D eigenvalue weighted by atomic mass is 35.5. The van der Waals surface area contributed by atoms with Crippen LogP contribution in [0.4, 0.5) is 5.95 Å². The number of nitrogens with one attached hydrogen (secondary N) is 1. The Kier molecular flexibility index (Phi) is 3.39. The van der Waals surface area contributed by atoms with E-state index in [1.807, 2.05) is 6.07 Å². The maximum absolute atomic E-state index is 9.30. The average Bonchev–Trinajstić information content (AvgIpc) is 2.31. The third-order valence-corrected chi connectivity index (χ3v) is 2.51. The van der Waals surface area contributed by atoms with Crippen molar-refractivity contribution in [2.24, 2.45) is 0 Å². The molecule has 2 aromatic rings. The molecule has 5 nitrogen and oxygen atoms in total. The Balaban J connectivity index is 2.05. The number of hydrogen-bond donors (Lipinski definition) is 2. The maximum Gasteiger partial charge on any atom is 0.243 e. The Morgan fingerprint density at radius 2 is 2.18 bits per heavy atom. The fourth-order valence-electron chi connectivity index (χ4n) is 1.31. The third-order valence-electron chi connectivity index (χ3n) is 2.17. The number of halogens is 1. The molecule has 0 unspecified atom stereocenters. The van der Waals surface area contributed by atoms with Gasteiger partial charge in [0.1, 0.15) is 5.75 Å². The van der Waals surface area contributed by atoms with Gasteiger partial charge >= 0.3 is 0 Å². The lowest BCUT2D eigenvalue weighted by molar-refractivity contribution is 0.474. The molecule has 0 atom stereocenters. The molecular weight excluding hydrogens is 240 g/mol. The van der Waals surface area contributed by atoms with Crippen LogP contribution < -0.4 is 5.32 Å². The summed E-state index contributed by atoms with van der Waals surface area (Å²) in [6.45, 7) is 2.27. The van der Waals surface area contributed by atoms with Gasteiger partial charge in [0.15, 0.2) is 5.15 Å². The SMILES string of the molecule is Cc1nc(NCc2cccc(O)c2)nnc1Cl. The first-order valence-corrected chi connectivity index (χ1v) is 5.41. The first-order valence-electron chi connectivity index (χ1n) is 5.04. The van der Waals surface area contributed by atoms with Crippen LogP contribution in [0, 0.1) is 6.92 Å². The summed E-state index contributed by atoms with van der Waals surface area (Å²) in [4.78, 5) is 4.13. The van der Waals surface area contributed by atoms with Crippen molar-refractivity contribution in [3.05, 3.63) is 40.7 Å². The van der Waals surface area contributed by atoms with Gasteiger partial charge in [-0.2, -0.15) is 0 Å². The monoisotopic (exact) mass is 250 g/mol. The number of hydrogen-bond acceptors (Lipinski definition) is 5. The molecule has 88 valence electrons. The molecule has 0 amide bonds. The largest absolute Gasteiger partial charge is 0.508 e. The van der Waals surface area contributed by atoms with Crippen LogP contribution in [0.3, 0.4) is 0 Å². The fraction of sp³-hybridized carbons (Fsp3) is 0.182. The van der Waals surface area contributed by atoms with Gasteiger partial charge in [0.05, 0.1) is 5.69 Å². The molecule has 0 saturated heterocycles. The Morgan fingerprint density at radius 3 is 2.88 bits per heavy atom. The summed E-state index contributed by atoms with van der Waals surface area (Å²) in [6.07, 6.45) is 0. The van der Waals surface area contributed by atoms with Crippen molar-refractivity contribution < 1.29 is 5.11 Å². The summed E-state index contributed by atoms with van der Waals surface area (Å²) in [6, 6.07) is 6.96. The van der Waals surface area contributed by atoms with E-state index < -0.39 is 0 Å². The Hall–Kier alpha value is -1.88. The van der Waals surface area contributed by atoms with Gasteiger partial charge in [0.25, 0.3) is 0 Å². The van der Waals surface area contributed by atoms with E-state index in [-0.39, 0.29) is 5.75 Å². The molecular formula is C11H11ClN4O. The molecule has 0 bridgehead atoms. The number of aromatic hydroxyl groups is 1. The van der Waals surface area contributed by atoms with E-state index in [1.165, 1.54) is 0 Å². The molecule has 1 heterocycles. The zero-order chi connectivity index (χ0) is 12.3. The number of nitrogens with zero attached hydrogens (tertiary/aromatic N) is 3. The summed E-state index contributed by atoms with van der Waals surface area (Å²) >= 11 is 5.72. The highest BCUT2D eigenvalue weighted by Crippen LogP contribution is 2.13. The summed E-state index contributed by atoms with van der Waals surface area (Å²) in [5.41, 5.74) is 1.56. The van der Waals surface area contributed by atoms with Gasteiger partial charge in [-0.15, -0.1) is 10.2 Å². The summed E-state index contributed by atoms with van der Waals surface area (Å²) in [5, 5.41) is 20.2. The van der Waals surface area contributed by atoms with Crippen molar-refractivity contribution in [2.75, 3.05) is 5.32 Å². The molecule has 2 rings (SSSR count). The van der Waals surface area contributed by atoms with Gasteiger partial charge in [-0.05, 0) is 24.6 Å². The number of aryl methyl sites for hydroxylation is 1. The van der Waals surface area contributed by atoms with Crippen molar-refractivity contribution in [1.29, 1.82) is 0 Å². The smallest absolute Gasteiger partial charge is 0.243 e. The minimum atomic E-state index is 0.232. The van der Waals surface area contributed by atoms with E-state index in [1.54, 1.807) is 25.1 Å². The van der Waals surface area contributed by atoms with E-state index in [2.05, 4.69) is 20.5 Å². The van der Waals surface area contributed by atoms with Crippen LogP contribution >= 0.6 is 11.6 Å². The minimum absolute atomic E-state index is 0.232. The Labute approximate surface area is 103 Å². The second-order valence-corrected chi connectivity index (χ2v) is 3.89. The van der Waals surface area contributed by atoms with Gasteiger partial charge in [0.2, 0.25) is 5.95 Å². The molecule has 0 saturated carbocycles. The Morgan fingerprint density at radius 1 is 1.35 bits per heavy atom. The van der Waals surface area contributed by atoms with Crippen LogP contribution in [0.5, 0.6) is 5.75 Å². The second-order valence-electron chi connectivity index (χ2n) is 3.54. The predicted octanol–water partition coefficient (Wildman–Crippen LogP) is 2.15. The zero-order valence-corrected chi connectivity index (χ0v) is 9.94. The van der Waals surface area contributed by atoms with E-state index in [4.69, 9.17) is 11.6 Å². The van der Waals surface area contributed by atoms with Gasteiger partial charge in [-0.1, -0.05) is 23.7 Å². The molecule has 0 fully saturated rings. The molecule has 0 aliphatic rings. The normalized spacial score (nSPS) is 10.2. The number of phenols is 1. The van der Waals surface area contributed by atoms with Crippen LogP contribution in [0.15, 0.2) is 24.3 Å². The van der Waals surface area contributed by atoms with Gasteiger partial charge in [-0.3, -0.25) is 0 Å². The number of rotatable bonds is 3. The van der Waals surface area contributed by atoms with E-state index in [0.717, 1.165) is 5.56 Å². The standard InChI is InChI=1S/C11H11ClN4O/c1-7-10(12)15-16-11(14-7)13-6-8-3-2-4-9(17)5-8/h2-5,17H,6H2,1H3,(H,13,14,16). The lowest BCUT2D eigenvalue weighted by atomic mass is 10.2. The van der Waals surface area contributed by atoms with E-state index >= 15 is 0 Å². The first kappa shape index (κ1) is 11.6. The Bertz CT molecular complexity index is 533. The average molecular weight is 251 g/mol. The van der Waals surface area contributed by atoms with E-state index in [0.29, 0.717) is 23.3 Å². The quantitative estimate of drug-likeness (QED) is 0.873. The summed E-state index contributed by atoms with van der Waals surface area (Å²) in [7, 11) is 0. The molecule has 0 spiro atoms. The topological polar surface area (TPSA) is 70.9 Å². The van der Waals surface area contributed by atoms with Crippen molar-refractivity contribution in [3.8, 4) is 5.75 Å². The number of benzene rings is 1. The first-order chi connectivity index (χ1) is 8.15. The number of anilines is 1. The number of phenolic OH excluding ortho intramolecular Hbond substituents is 1. The molecule has 1 aromatic carbocycles. The van der Waals surface area contributed by atoms with Crippen molar-refractivity contribution in [1.82, 2.24) is 15.2 Å². The van der Waals surface area contributed by atoms with Crippen LogP contribution in [-0.2, 0) is 6.54 Å². The molecule has 0 aliphatic heterocycles. The van der Waals surface area contributed by atoms with Gasteiger partial charge in [-0.25, -0.2) is 4.98 Å². The summed E-state index contributed by atoms with van der Waals surface area (Å²) < 4.78 is 0. The highest BCUT2D eigenvalue weighted by Gasteiger charge is 2.02. The van der Waals surface area contributed by atoms with Gasteiger partial charge < -0.3 is 10.4 Å². The van der Waals surface area contributed by atoms with Crippen LogP contribution in [0.1, 0.15) is 11.3 Å². The molecule has 0 radical (unpaired) electrons. The molecule has 1 aromatic heterocycles. The second kappa shape index (κ2) is 4.97. The van der Waals surface area contributed by atoms with Crippen molar-refractivity contribution in [2.45, 2.75) is 13.5 Å². The molecule has 0 aliphatic carbocycles. The van der Waals surface area contributed by atoms with Crippen molar-refractivity contribution in [3.63, 3.8) is 0 Å². The molecule has 2 N–H and O–H groups in total. The number of aromatic nitrogens is 3. The van der Waals surface area contributed by atoms with Crippen molar-refractivity contribution >= 4 is 17.5 Å². The van der Waals surface area contributed by atoms with Crippen LogP contribution in [0.25, 0.3) is 0 Å². The fourth-order valence-corrected chi connectivity index (χ4v) is 1.39. The van der Waals surface area contributed by atoms with Crippen LogP contribution in [0.2, 0.25) is 5.15 Å². The summed E-state index contributed by atoms with van der Waals surface area (Å²) in [5.74, 6) is 0.644. The lowest BCUT2D eigenvalue weighted by Gasteiger charge is -2.05.